The highest BCUT2D eigenvalue weighted by Gasteiger charge is 2.24. The Bertz CT molecular complexity index is 406. The summed E-state index contributed by atoms with van der Waals surface area (Å²) in [5.41, 5.74) is 1.31. The van der Waals surface area contributed by atoms with E-state index in [0.717, 1.165) is 26.1 Å². The van der Waals surface area contributed by atoms with Gasteiger partial charge in [-0.05, 0) is 25.8 Å². The topological polar surface area (TPSA) is 41.6 Å². The summed E-state index contributed by atoms with van der Waals surface area (Å²) in [7, 11) is 0. The Labute approximate surface area is 114 Å². The van der Waals surface area contributed by atoms with Gasteiger partial charge in [0.25, 0.3) is 0 Å². The molecule has 0 saturated carbocycles. The highest BCUT2D eigenvalue weighted by Crippen LogP contribution is 2.13. The van der Waals surface area contributed by atoms with Crippen LogP contribution in [0.1, 0.15) is 25.8 Å². The highest BCUT2D eigenvalue weighted by molar-refractivity contribution is 5.67. The fourth-order valence-electron chi connectivity index (χ4n) is 2.35. The zero-order chi connectivity index (χ0) is 13.7. The summed E-state index contributed by atoms with van der Waals surface area (Å²) >= 11 is 0. The Hall–Kier alpha value is -1.55. The first-order valence-electron chi connectivity index (χ1n) is 6.87. The van der Waals surface area contributed by atoms with Crippen LogP contribution >= 0.6 is 0 Å². The van der Waals surface area contributed by atoms with E-state index >= 15 is 0 Å². The first kappa shape index (κ1) is 13.9. The smallest absolute Gasteiger partial charge is 0.407 e. The minimum atomic E-state index is -0.304. The molecular weight excluding hydrogens is 240 g/mol. The molecule has 19 heavy (non-hydrogen) atoms. The number of carbonyl (C=O) groups excluding carboxylic acids is 1. The molecule has 0 radical (unpaired) electrons. The second-order valence-electron chi connectivity index (χ2n) is 5.30. The molecule has 1 aliphatic rings. The molecule has 1 fully saturated rings. The predicted molar refractivity (Wildman–Crippen MR) is 74.9 cm³/mol. The van der Waals surface area contributed by atoms with E-state index < -0.39 is 0 Å². The van der Waals surface area contributed by atoms with Crippen LogP contribution in [-0.2, 0) is 11.3 Å². The lowest BCUT2D eigenvalue weighted by Gasteiger charge is -2.17. The molecule has 1 heterocycles. The Kier molecular flexibility index (Phi) is 4.80. The summed E-state index contributed by atoms with van der Waals surface area (Å²) < 4.78 is 5.10. The summed E-state index contributed by atoms with van der Waals surface area (Å²) in [6.45, 7) is 6.56. The molecule has 1 aliphatic heterocycles. The van der Waals surface area contributed by atoms with Crippen molar-refractivity contribution < 1.29 is 9.53 Å². The van der Waals surface area contributed by atoms with Crippen molar-refractivity contribution in [2.24, 2.45) is 0 Å². The minimum absolute atomic E-state index is 0.0678. The van der Waals surface area contributed by atoms with Gasteiger partial charge in [-0.25, -0.2) is 4.79 Å². The van der Waals surface area contributed by atoms with Gasteiger partial charge in [0.15, 0.2) is 0 Å². The van der Waals surface area contributed by atoms with Crippen LogP contribution in [0.25, 0.3) is 0 Å². The third-order valence-electron chi connectivity index (χ3n) is 3.19. The van der Waals surface area contributed by atoms with Crippen LogP contribution in [0.15, 0.2) is 30.3 Å². The van der Waals surface area contributed by atoms with Gasteiger partial charge in [0, 0.05) is 25.7 Å². The summed E-state index contributed by atoms with van der Waals surface area (Å²) in [4.78, 5) is 13.9. The molecule has 1 N–H and O–H groups in total. The summed E-state index contributed by atoms with van der Waals surface area (Å²) in [6.07, 6.45) is 0.614. The molecule has 0 spiro atoms. The summed E-state index contributed by atoms with van der Waals surface area (Å²) in [6, 6.07) is 10.6. The third kappa shape index (κ3) is 4.56. The molecule has 0 unspecified atom stereocenters. The quantitative estimate of drug-likeness (QED) is 0.906. The number of hydrogen-bond acceptors (Lipinski definition) is 3. The Morgan fingerprint density at radius 2 is 2.16 bits per heavy atom. The van der Waals surface area contributed by atoms with E-state index in [-0.39, 0.29) is 18.2 Å². The summed E-state index contributed by atoms with van der Waals surface area (Å²) in [5, 5.41) is 2.92. The van der Waals surface area contributed by atoms with Crippen molar-refractivity contribution in [3.63, 3.8) is 0 Å². The molecule has 4 heteroatoms. The van der Waals surface area contributed by atoms with Crippen LogP contribution in [0.5, 0.6) is 0 Å². The molecule has 2 rings (SSSR count). The number of nitrogens with zero attached hydrogens (tertiary/aromatic N) is 1. The minimum Gasteiger partial charge on any atom is -0.447 e. The van der Waals surface area contributed by atoms with Crippen molar-refractivity contribution in [3.05, 3.63) is 35.9 Å². The molecule has 4 nitrogen and oxygen atoms in total. The molecule has 1 amide bonds. The van der Waals surface area contributed by atoms with Gasteiger partial charge < -0.3 is 10.1 Å². The van der Waals surface area contributed by atoms with E-state index in [2.05, 4.69) is 34.5 Å². The zero-order valence-corrected chi connectivity index (χ0v) is 11.6. The normalized spacial score (nSPS) is 19.6. The second-order valence-corrected chi connectivity index (χ2v) is 5.30. The maximum Gasteiger partial charge on any atom is 0.407 e. The van der Waals surface area contributed by atoms with Crippen LogP contribution in [-0.4, -0.2) is 36.2 Å². The number of ether oxygens (including phenoxy) is 1. The van der Waals surface area contributed by atoms with E-state index in [1.54, 1.807) is 0 Å². The van der Waals surface area contributed by atoms with Crippen LogP contribution in [0.4, 0.5) is 4.79 Å². The van der Waals surface area contributed by atoms with Gasteiger partial charge >= 0.3 is 6.09 Å². The van der Waals surface area contributed by atoms with E-state index in [0.29, 0.717) is 0 Å². The fraction of sp³-hybridized carbons (Fsp3) is 0.533. The molecule has 0 aromatic heterocycles. The molecule has 1 aromatic carbocycles. The van der Waals surface area contributed by atoms with Crippen molar-refractivity contribution in [2.75, 3.05) is 13.1 Å². The van der Waals surface area contributed by atoms with E-state index in [9.17, 15) is 4.79 Å². The molecular formula is C15H22N2O2. The number of rotatable bonds is 4. The predicted octanol–water partition coefficient (Wildman–Crippen LogP) is 2.40. The Morgan fingerprint density at radius 3 is 2.84 bits per heavy atom. The molecule has 1 saturated heterocycles. The van der Waals surface area contributed by atoms with Crippen molar-refractivity contribution in [3.8, 4) is 0 Å². The largest absolute Gasteiger partial charge is 0.447 e. The highest BCUT2D eigenvalue weighted by atomic mass is 16.6. The number of hydrogen-bond donors (Lipinski definition) is 1. The number of alkyl carbamates (subject to hydrolysis) is 1. The lowest BCUT2D eigenvalue weighted by molar-refractivity contribution is 0.112. The number of amides is 1. The van der Waals surface area contributed by atoms with Gasteiger partial charge in [0.2, 0.25) is 0 Å². The van der Waals surface area contributed by atoms with Gasteiger partial charge in [0.05, 0.1) is 6.10 Å². The van der Waals surface area contributed by atoms with Gasteiger partial charge in [0.1, 0.15) is 0 Å². The number of nitrogens with one attached hydrogen (secondary N) is 1. The maximum absolute atomic E-state index is 11.5. The Morgan fingerprint density at radius 1 is 1.42 bits per heavy atom. The second kappa shape index (κ2) is 6.57. The molecule has 0 bridgehead atoms. The van der Waals surface area contributed by atoms with Crippen molar-refractivity contribution >= 4 is 6.09 Å². The zero-order valence-electron chi connectivity index (χ0n) is 11.6. The van der Waals surface area contributed by atoms with Crippen LogP contribution in [0, 0.1) is 0 Å². The molecule has 0 aliphatic carbocycles. The van der Waals surface area contributed by atoms with E-state index in [1.807, 2.05) is 19.9 Å². The first-order chi connectivity index (χ1) is 9.13. The lowest BCUT2D eigenvalue weighted by atomic mass is 10.2. The standard InChI is InChI=1S/C15H22N2O2/c1-12(2)19-15(18)16-14-8-9-17(11-14)10-13-6-4-3-5-7-13/h3-7,12,14H,8-11H2,1-2H3,(H,16,18)/t14-/m0/s1. The summed E-state index contributed by atoms with van der Waals surface area (Å²) in [5.74, 6) is 0. The first-order valence-corrected chi connectivity index (χ1v) is 6.87. The Balaban J connectivity index is 1.76. The van der Waals surface area contributed by atoms with Crippen molar-refractivity contribution in [1.29, 1.82) is 0 Å². The van der Waals surface area contributed by atoms with Gasteiger partial charge in [-0.2, -0.15) is 0 Å². The average molecular weight is 262 g/mol. The number of likely N-dealkylation sites (tertiary alicyclic amines) is 1. The SMILES string of the molecule is CC(C)OC(=O)N[C@H]1CCN(Cc2ccccc2)C1. The monoisotopic (exact) mass is 262 g/mol. The van der Waals surface area contributed by atoms with Crippen molar-refractivity contribution in [1.82, 2.24) is 10.2 Å². The van der Waals surface area contributed by atoms with E-state index in [1.165, 1.54) is 5.56 Å². The van der Waals surface area contributed by atoms with Gasteiger partial charge in [-0.3, -0.25) is 4.90 Å². The number of benzene rings is 1. The van der Waals surface area contributed by atoms with E-state index in [4.69, 9.17) is 4.74 Å². The average Bonchev–Trinajstić information content (AvgIpc) is 2.76. The third-order valence-corrected chi connectivity index (χ3v) is 3.19. The van der Waals surface area contributed by atoms with Crippen molar-refractivity contribution in [2.45, 2.75) is 39.0 Å². The molecule has 1 aromatic rings. The maximum atomic E-state index is 11.5. The lowest BCUT2D eigenvalue weighted by Crippen LogP contribution is -2.38. The van der Waals surface area contributed by atoms with Crippen LogP contribution < -0.4 is 5.32 Å². The van der Waals surface area contributed by atoms with Crippen LogP contribution in [0.2, 0.25) is 0 Å². The fourth-order valence-corrected chi connectivity index (χ4v) is 2.35. The van der Waals surface area contributed by atoms with Gasteiger partial charge in [-0.15, -0.1) is 0 Å². The molecule has 104 valence electrons. The van der Waals surface area contributed by atoms with Crippen LogP contribution in [0.3, 0.4) is 0 Å². The molecule has 1 atom stereocenters. The van der Waals surface area contributed by atoms with Gasteiger partial charge in [-0.1, -0.05) is 30.3 Å². The number of carbonyl (C=O) groups is 1.